The first-order valence-electron chi connectivity index (χ1n) is 9.95. The zero-order chi connectivity index (χ0) is 23.6. The number of hydrogen-bond acceptors (Lipinski definition) is 7. The van der Waals surface area contributed by atoms with Crippen molar-refractivity contribution in [1.82, 2.24) is 19.7 Å². The molecule has 1 aliphatic heterocycles. The van der Waals surface area contributed by atoms with Crippen LogP contribution in [-0.2, 0) is 11.0 Å². The molecule has 1 saturated heterocycles. The van der Waals surface area contributed by atoms with Gasteiger partial charge < -0.3 is 10.2 Å². The molecule has 13 heteroatoms. The molecule has 1 amide bonds. The fourth-order valence-electron chi connectivity index (χ4n) is 3.73. The van der Waals surface area contributed by atoms with Gasteiger partial charge in [0.2, 0.25) is 5.91 Å². The maximum atomic E-state index is 12.9. The number of alkyl halides is 3. The van der Waals surface area contributed by atoms with Crippen molar-refractivity contribution in [2.45, 2.75) is 19.0 Å². The van der Waals surface area contributed by atoms with Gasteiger partial charge in [-0.3, -0.25) is 14.9 Å². The van der Waals surface area contributed by atoms with Crippen LogP contribution >= 0.6 is 0 Å². The molecule has 3 aromatic rings. The molecule has 0 unspecified atom stereocenters. The van der Waals surface area contributed by atoms with Gasteiger partial charge in [0, 0.05) is 31.3 Å². The van der Waals surface area contributed by atoms with Crippen LogP contribution in [0.15, 0.2) is 49.2 Å². The van der Waals surface area contributed by atoms with Crippen LogP contribution in [0.2, 0.25) is 0 Å². The van der Waals surface area contributed by atoms with Gasteiger partial charge in [-0.25, -0.2) is 14.6 Å². The molecule has 0 bridgehead atoms. The lowest BCUT2D eigenvalue weighted by atomic mass is 9.95. The summed E-state index contributed by atoms with van der Waals surface area (Å²) in [5, 5.41) is 18.2. The monoisotopic (exact) mass is 461 g/mol. The van der Waals surface area contributed by atoms with Crippen LogP contribution in [0, 0.1) is 16.0 Å². The first-order chi connectivity index (χ1) is 15.7. The van der Waals surface area contributed by atoms with Crippen molar-refractivity contribution in [2.24, 2.45) is 5.92 Å². The Morgan fingerprint density at radius 3 is 2.61 bits per heavy atom. The Kier molecular flexibility index (Phi) is 5.94. The van der Waals surface area contributed by atoms with E-state index in [4.69, 9.17) is 0 Å². The summed E-state index contributed by atoms with van der Waals surface area (Å²) >= 11 is 0. The molecule has 1 N–H and O–H groups in total. The molecular formula is C20H18F3N7O3. The normalized spacial score (nSPS) is 14.8. The first kappa shape index (κ1) is 22.2. The molecular weight excluding hydrogens is 443 g/mol. The molecule has 1 aromatic carbocycles. The van der Waals surface area contributed by atoms with E-state index in [2.05, 4.69) is 20.4 Å². The topological polar surface area (TPSA) is 119 Å². The molecule has 1 fully saturated rings. The molecule has 0 aliphatic carbocycles. The quantitative estimate of drug-likeness (QED) is 0.457. The van der Waals surface area contributed by atoms with Gasteiger partial charge in [-0.2, -0.15) is 18.3 Å². The minimum atomic E-state index is -4.67. The number of nitro benzene ring substituents is 1. The molecule has 33 heavy (non-hydrogen) atoms. The summed E-state index contributed by atoms with van der Waals surface area (Å²) in [6.07, 6.45) is 0.434. The van der Waals surface area contributed by atoms with Gasteiger partial charge in [0.25, 0.3) is 5.69 Å². The molecule has 0 spiro atoms. The number of halogens is 3. The first-order valence-corrected chi connectivity index (χ1v) is 9.95. The van der Waals surface area contributed by atoms with E-state index in [0.717, 1.165) is 12.1 Å². The second-order valence-corrected chi connectivity index (χ2v) is 7.42. The highest BCUT2D eigenvalue weighted by atomic mass is 19.4. The second kappa shape index (κ2) is 8.84. The van der Waals surface area contributed by atoms with Gasteiger partial charge in [-0.15, -0.1) is 0 Å². The number of carbonyl (C=O) groups excluding carboxylic acids is 1. The van der Waals surface area contributed by atoms with E-state index >= 15 is 0 Å². The minimum absolute atomic E-state index is 0.104. The van der Waals surface area contributed by atoms with Crippen molar-refractivity contribution in [2.75, 3.05) is 23.3 Å². The molecule has 172 valence electrons. The lowest BCUT2D eigenvalue weighted by molar-refractivity contribution is -0.384. The van der Waals surface area contributed by atoms with E-state index in [1.807, 2.05) is 0 Å². The highest BCUT2D eigenvalue weighted by Crippen LogP contribution is 2.37. The molecule has 0 radical (unpaired) electrons. The van der Waals surface area contributed by atoms with E-state index in [-0.39, 0.29) is 30.6 Å². The third-order valence-corrected chi connectivity index (χ3v) is 5.39. The molecule has 3 heterocycles. The Bertz CT molecular complexity index is 1160. The SMILES string of the molecule is O=C(Nc1cccnc1-n1cncn1)C1CCN(c2ccc(C(F)(F)F)cc2[N+](=O)[O-])CC1. The van der Waals surface area contributed by atoms with Crippen molar-refractivity contribution in [1.29, 1.82) is 0 Å². The molecule has 4 rings (SSSR count). The Morgan fingerprint density at radius 1 is 1.21 bits per heavy atom. The number of piperidine rings is 1. The molecule has 2 aromatic heterocycles. The van der Waals surface area contributed by atoms with Crippen LogP contribution in [0.1, 0.15) is 18.4 Å². The van der Waals surface area contributed by atoms with E-state index in [1.165, 1.54) is 17.3 Å². The van der Waals surface area contributed by atoms with Crippen LogP contribution in [-0.4, -0.2) is 43.7 Å². The van der Waals surface area contributed by atoms with Crippen molar-refractivity contribution < 1.29 is 22.9 Å². The maximum absolute atomic E-state index is 12.9. The minimum Gasteiger partial charge on any atom is -0.366 e. The third-order valence-electron chi connectivity index (χ3n) is 5.39. The number of nitro groups is 1. The average Bonchev–Trinajstić information content (AvgIpc) is 3.33. The predicted octanol–water partition coefficient (Wildman–Crippen LogP) is 3.44. The van der Waals surface area contributed by atoms with Gasteiger partial charge in [0.1, 0.15) is 18.3 Å². The number of carbonyl (C=O) groups is 1. The van der Waals surface area contributed by atoms with Gasteiger partial charge in [-0.05, 0) is 37.1 Å². The predicted molar refractivity (Wildman–Crippen MR) is 111 cm³/mol. The molecule has 0 atom stereocenters. The van der Waals surface area contributed by atoms with Gasteiger partial charge in [0.05, 0.1) is 16.2 Å². The highest BCUT2D eigenvalue weighted by molar-refractivity contribution is 5.94. The Balaban J connectivity index is 1.45. The van der Waals surface area contributed by atoms with Crippen LogP contribution < -0.4 is 10.2 Å². The third kappa shape index (κ3) is 4.76. The Hall–Kier alpha value is -4.03. The summed E-state index contributed by atoms with van der Waals surface area (Å²) in [6.45, 7) is 0.570. The summed E-state index contributed by atoms with van der Waals surface area (Å²) in [4.78, 5) is 33.1. The zero-order valence-electron chi connectivity index (χ0n) is 17.1. The lowest BCUT2D eigenvalue weighted by Crippen LogP contribution is -2.38. The van der Waals surface area contributed by atoms with Gasteiger partial charge in [0.15, 0.2) is 5.82 Å². The highest BCUT2D eigenvalue weighted by Gasteiger charge is 2.35. The summed E-state index contributed by atoms with van der Waals surface area (Å²) in [6, 6.07) is 5.84. The van der Waals surface area contributed by atoms with Crippen molar-refractivity contribution in [3.8, 4) is 5.82 Å². The summed E-state index contributed by atoms with van der Waals surface area (Å²) in [5.41, 5.74) is -1.13. The number of aromatic nitrogens is 4. The fourth-order valence-corrected chi connectivity index (χ4v) is 3.73. The summed E-state index contributed by atoms with van der Waals surface area (Å²) in [5.74, 6) is -0.217. The lowest BCUT2D eigenvalue weighted by Gasteiger charge is -2.32. The van der Waals surface area contributed by atoms with Crippen molar-refractivity contribution in [3.05, 3.63) is 64.9 Å². The largest absolute Gasteiger partial charge is 0.416 e. The number of amides is 1. The van der Waals surface area contributed by atoms with Crippen molar-refractivity contribution >= 4 is 23.0 Å². The smallest absolute Gasteiger partial charge is 0.366 e. The molecule has 1 aliphatic rings. The maximum Gasteiger partial charge on any atom is 0.416 e. The molecule has 10 nitrogen and oxygen atoms in total. The second-order valence-electron chi connectivity index (χ2n) is 7.42. The number of rotatable bonds is 5. The standard InChI is InChI=1S/C20H18F3N7O3/c21-20(22,23)14-3-4-16(17(10-14)30(32)33)28-8-5-13(6-9-28)19(31)27-15-2-1-7-25-18(15)29-12-24-11-26-29/h1-4,7,10-13H,5-6,8-9H2,(H,27,31). The van der Waals surface area contributed by atoms with Crippen LogP contribution in [0.3, 0.4) is 0 Å². The van der Waals surface area contributed by atoms with Crippen molar-refractivity contribution in [3.63, 3.8) is 0 Å². The number of pyridine rings is 1. The van der Waals surface area contributed by atoms with Gasteiger partial charge >= 0.3 is 6.18 Å². The Labute approximate surface area is 185 Å². The van der Waals surface area contributed by atoms with E-state index in [1.54, 1.807) is 23.2 Å². The van der Waals surface area contributed by atoms with Crippen LogP contribution in [0.4, 0.5) is 30.2 Å². The Morgan fingerprint density at radius 2 is 1.97 bits per heavy atom. The number of nitrogens with one attached hydrogen (secondary N) is 1. The molecule has 0 saturated carbocycles. The number of anilines is 2. The van der Waals surface area contributed by atoms with Gasteiger partial charge in [-0.1, -0.05) is 0 Å². The summed E-state index contributed by atoms with van der Waals surface area (Å²) in [7, 11) is 0. The fraction of sp³-hybridized carbons (Fsp3) is 0.300. The summed E-state index contributed by atoms with van der Waals surface area (Å²) < 4.78 is 40.3. The number of hydrogen-bond donors (Lipinski definition) is 1. The number of benzene rings is 1. The van der Waals surface area contributed by atoms with Crippen LogP contribution in [0.5, 0.6) is 0 Å². The average molecular weight is 461 g/mol. The van der Waals surface area contributed by atoms with E-state index < -0.39 is 22.4 Å². The van der Waals surface area contributed by atoms with Crippen LogP contribution in [0.25, 0.3) is 5.82 Å². The zero-order valence-corrected chi connectivity index (χ0v) is 17.1. The van der Waals surface area contributed by atoms with E-state index in [0.29, 0.717) is 30.4 Å². The number of nitrogens with zero attached hydrogens (tertiary/aromatic N) is 6. The van der Waals surface area contributed by atoms with E-state index in [9.17, 15) is 28.1 Å².